The molecule has 1 atom stereocenters. The summed E-state index contributed by atoms with van der Waals surface area (Å²) in [6.07, 6.45) is -4.05. The zero-order chi connectivity index (χ0) is 20.1. The van der Waals surface area contributed by atoms with E-state index in [9.17, 15) is 22.7 Å². The van der Waals surface area contributed by atoms with Crippen molar-refractivity contribution in [1.29, 1.82) is 0 Å². The monoisotopic (exact) mass is 415 g/mol. The number of aromatic nitrogens is 1. The maximum Gasteiger partial charge on any atom is 0.417 e. The highest BCUT2D eigenvalue weighted by Crippen LogP contribution is 2.29. The van der Waals surface area contributed by atoms with Gasteiger partial charge in [-0.1, -0.05) is 0 Å². The van der Waals surface area contributed by atoms with Crippen LogP contribution in [0, 0.1) is 5.82 Å². The molecule has 0 saturated carbocycles. The molecular formula is C19H21F4N3OS. The predicted octanol–water partition coefficient (Wildman–Crippen LogP) is 3.51. The molecule has 1 aromatic carbocycles. The molecule has 3 rings (SSSR count). The molecule has 0 amide bonds. The fraction of sp³-hybridized carbons (Fsp3) is 0.421. The van der Waals surface area contributed by atoms with Crippen LogP contribution in [0.3, 0.4) is 0 Å². The zero-order valence-electron chi connectivity index (χ0n) is 15.1. The molecule has 9 heteroatoms. The van der Waals surface area contributed by atoms with Gasteiger partial charge in [0.2, 0.25) is 0 Å². The number of piperazine rings is 1. The lowest BCUT2D eigenvalue weighted by Crippen LogP contribution is -2.49. The molecule has 28 heavy (non-hydrogen) atoms. The average Bonchev–Trinajstić information content (AvgIpc) is 2.68. The molecule has 0 spiro atoms. The summed E-state index contributed by atoms with van der Waals surface area (Å²) in [6, 6.07) is 8.59. The highest BCUT2D eigenvalue weighted by Gasteiger charge is 2.31. The summed E-state index contributed by atoms with van der Waals surface area (Å²) in [7, 11) is 0. The number of pyridine rings is 1. The standard InChI is InChI=1S/C19H21F4N3OS/c20-15-2-4-17(5-3-15)28-13-16(27)12-25-7-9-26(10-8-25)18-6-1-14(11-24-18)19(21,22)23/h1-6,11,16,27H,7-10,12-13H2/t16-/m0/s1. The van der Waals surface area contributed by atoms with Crippen molar-refractivity contribution in [1.82, 2.24) is 9.88 Å². The molecule has 1 aliphatic heterocycles. The van der Waals surface area contributed by atoms with Gasteiger partial charge in [-0.2, -0.15) is 13.2 Å². The molecule has 2 heterocycles. The van der Waals surface area contributed by atoms with Crippen molar-refractivity contribution < 1.29 is 22.7 Å². The molecule has 2 aromatic rings. The normalized spacial score (nSPS) is 17.0. The van der Waals surface area contributed by atoms with Crippen LogP contribution in [-0.4, -0.2) is 59.6 Å². The number of rotatable bonds is 6. The van der Waals surface area contributed by atoms with Crippen molar-refractivity contribution in [3.63, 3.8) is 0 Å². The van der Waals surface area contributed by atoms with Gasteiger partial charge >= 0.3 is 6.18 Å². The molecule has 0 aliphatic carbocycles. The van der Waals surface area contributed by atoms with Gasteiger partial charge in [-0.3, -0.25) is 4.90 Å². The summed E-state index contributed by atoms with van der Waals surface area (Å²) >= 11 is 1.47. The van der Waals surface area contributed by atoms with Crippen LogP contribution in [0.15, 0.2) is 47.5 Å². The number of nitrogens with zero attached hydrogens (tertiary/aromatic N) is 3. The average molecular weight is 415 g/mol. The Kier molecular flexibility index (Phi) is 6.79. The number of aliphatic hydroxyl groups excluding tert-OH is 1. The minimum atomic E-state index is -4.38. The fourth-order valence-electron chi connectivity index (χ4n) is 2.97. The Morgan fingerprint density at radius 3 is 2.29 bits per heavy atom. The molecular weight excluding hydrogens is 394 g/mol. The van der Waals surface area contributed by atoms with Gasteiger partial charge in [0.15, 0.2) is 0 Å². The smallest absolute Gasteiger partial charge is 0.391 e. The van der Waals surface area contributed by atoms with Crippen LogP contribution in [0.25, 0.3) is 0 Å². The minimum Gasteiger partial charge on any atom is -0.391 e. The van der Waals surface area contributed by atoms with Crippen LogP contribution in [0.2, 0.25) is 0 Å². The molecule has 1 aliphatic rings. The third kappa shape index (κ3) is 5.83. The first kappa shape index (κ1) is 20.9. The number of anilines is 1. The van der Waals surface area contributed by atoms with E-state index in [0.717, 1.165) is 17.2 Å². The molecule has 0 bridgehead atoms. The third-order valence-corrected chi connectivity index (χ3v) is 5.65. The van der Waals surface area contributed by atoms with Gasteiger partial charge in [0, 0.05) is 49.6 Å². The van der Waals surface area contributed by atoms with Gasteiger partial charge < -0.3 is 10.0 Å². The van der Waals surface area contributed by atoms with Gasteiger partial charge in [0.25, 0.3) is 0 Å². The van der Waals surface area contributed by atoms with Gasteiger partial charge in [-0.05, 0) is 36.4 Å². The van der Waals surface area contributed by atoms with Crippen molar-refractivity contribution in [2.24, 2.45) is 0 Å². The number of hydrogen-bond donors (Lipinski definition) is 1. The number of halogens is 4. The largest absolute Gasteiger partial charge is 0.417 e. The Balaban J connectivity index is 1.42. The molecule has 0 unspecified atom stereocenters. The first-order valence-electron chi connectivity index (χ1n) is 8.88. The van der Waals surface area contributed by atoms with E-state index in [1.807, 2.05) is 4.90 Å². The number of β-amino-alcohol motifs (C(OH)–C–C–N with tert-alkyl or cyclic N) is 1. The van der Waals surface area contributed by atoms with Gasteiger partial charge in [0.05, 0.1) is 11.7 Å². The second kappa shape index (κ2) is 9.11. The number of aliphatic hydroxyl groups is 1. The summed E-state index contributed by atoms with van der Waals surface area (Å²) < 4.78 is 50.8. The van der Waals surface area contributed by atoms with Crippen molar-refractivity contribution >= 4 is 17.6 Å². The van der Waals surface area contributed by atoms with E-state index in [1.54, 1.807) is 12.1 Å². The van der Waals surface area contributed by atoms with Crippen LogP contribution in [0.1, 0.15) is 5.56 Å². The van der Waals surface area contributed by atoms with Crippen molar-refractivity contribution in [2.45, 2.75) is 17.2 Å². The van der Waals surface area contributed by atoms with Crippen LogP contribution in [0.4, 0.5) is 23.4 Å². The molecule has 0 radical (unpaired) electrons. The van der Waals surface area contributed by atoms with Gasteiger partial charge in [-0.25, -0.2) is 9.37 Å². The lowest BCUT2D eigenvalue weighted by Gasteiger charge is -2.36. The van der Waals surface area contributed by atoms with E-state index in [0.29, 0.717) is 44.3 Å². The Morgan fingerprint density at radius 1 is 1.04 bits per heavy atom. The van der Waals surface area contributed by atoms with Crippen molar-refractivity contribution in [3.05, 3.63) is 54.0 Å². The summed E-state index contributed by atoms with van der Waals surface area (Å²) in [4.78, 5) is 8.90. The Morgan fingerprint density at radius 2 is 1.71 bits per heavy atom. The lowest BCUT2D eigenvalue weighted by atomic mass is 10.2. The van der Waals surface area contributed by atoms with Crippen LogP contribution in [0.5, 0.6) is 0 Å². The predicted molar refractivity (Wildman–Crippen MR) is 101 cm³/mol. The highest BCUT2D eigenvalue weighted by atomic mass is 32.2. The molecule has 1 saturated heterocycles. The summed E-state index contributed by atoms with van der Waals surface area (Å²) in [5.41, 5.74) is -0.753. The van der Waals surface area contributed by atoms with Crippen molar-refractivity contribution in [3.8, 4) is 0 Å². The van der Waals surface area contributed by atoms with E-state index in [-0.39, 0.29) is 5.82 Å². The second-order valence-electron chi connectivity index (χ2n) is 6.61. The van der Waals surface area contributed by atoms with E-state index in [2.05, 4.69) is 9.88 Å². The fourth-order valence-corrected chi connectivity index (χ4v) is 3.79. The highest BCUT2D eigenvalue weighted by molar-refractivity contribution is 7.99. The summed E-state index contributed by atoms with van der Waals surface area (Å²) in [5, 5.41) is 10.2. The van der Waals surface area contributed by atoms with E-state index < -0.39 is 17.8 Å². The number of hydrogen-bond acceptors (Lipinski definition) is 5. The first-order valence-corrected chi connectivity index (χ1v) is 9.87. The van der Waals surface area contributed by atoms with Crippen LogP contribution in [-0.2, 0) is 6.18 Å². The second-order valence-corrected chi connectivity index (χ2v) is 7.70. The van der Waals surface area contributed by atoms with Crippen LogP contribution < -0.4 is 4.90 Å². The minimum absolute atomic E-state index is 0.287. The molecule has 152 valence electrons. The third-order valence-electron chi connectivity index (χ3n) is 4.50. The number of thioether (sulfide) groups is 1. The molecule has 4 nitrogen and oxygen atoms in total. The van der Waals surface area contributed by atoms with Crippen LogP contribution >= 0.6 is 11.8 Å². The SMILES string of the molecule is O[C@H](CSc1ccc(F)cc1)CN1CCN(c2ccc(C(F)(F)F)cn2)CC1. The first-order chi connectivity index (χ1) is 13.3. The number of alkyl halides is 3. The summed E-state index contributed by atoms with van der Waals surface area (Å²) in [6.45, 7) is 3.18. The van der Waals surface area contributed by atoms with Crippen molar-refractivity contribution in [2.75, 3.05) is 43.4 Å². The molecule has 1 N–H and O–H groups in total. The zero-order valence-corrected chi connectivity index (χ0v) is 15.9. The lowest BCUT2D eigenvalue weighted by molar-refractivity contribution is -0.137. The van der Waals surface area contributed by atoms with Gasteiger partial charge in [-0.15, -0.1) is 11.8 Å². The van der Waals surface area contributed by atoms with E-state index in [1.165, 1.54) is 30.0 Å². The Labute approximate surface area is 165 Å². The Bertz CT molecular complexity index is 747. The van der Waals surface area contributed by atoms with E-state index in [4.69, 9.17) is 0 Å². The topological polar surface area (TPSA) is 39.6 Å². The maximum absolute atomic E-state index is 12.9. The summed E-state index contributed by atoms with van der Waals surface area (Å²) in [5.74, 6) is 0.747. The van der Waals surface area contributed by atoms with Gasteiger partial charge in [0.1, 0.15) is 11.6 Å². The molecule has 1 fully saturated rings. The Hall–Kier alpha value is -1.84. The quantitative estimate of drug-likeness (QED) is 0.578. The molecule has 1 aromatic heterocycles. The van der Waals surface area contributed by atoms with E-state index >= 15 is 0 Å². The maximum atomic E-state index is 12.9. The number of benzene rings is 1.